The van der Waals surface area contributed by atoms with Gasteiger partial charge in [-0.05, 0) is 23.3 Å². The second kappa shape index (κ2) is 11.0. The molecule has 1 amide bonds. The van der Waals surface area contributed by atoms with Gasteiger partial charge in [-0.1, -0.05) is 72.8 Å². The van der Waals surface area contributed by atoms with E-state index < -0.39 is 5.92 Å². The Morgan fingerprint density at radius 1 is 0.833 bits per heavy atom. The summed E-state index contributed by atoms with van der Waals surface area (Å²) in [5.41, 5.74) is 4.11. The second-order valence-corrected chi connectivity index (χ2v) is 8.94. The van der Waals surface area contributed by atoms with E-state index >= 15 is 0 Å². The van der Waals surface area contributed by atoms with Gasteiger partial charge in [0.15, 0.2) is 11.7 Å². The van der Waals surface area contributed by atoms with E-state index in [1.165, 1.54) is 5.56 Å². The molecule has 0 radical (unpaired) electrons. The number of anilines is 1. The SMILES string of the molecule is N#C[C@@H](C(=O)NCc1ccccc1)c1nc2ccccc2nc1N1CCN(Cc2ccccc2)CC1. The van der Waals surface area contributed by atoms with Gasteiger partial charge >= 0.3 is 0 Å². The average molecular weight is 477 g/mol. The fraction of sp³-hybridized carbons (Fsp3) is 0.241. The largest absolute Gasteiger partial charge is 0.352 e. The predicted molar refractivity (Wildman–Crippen MR) is 140 cm³/mol. The van der Waals surface area contributed by atoms with Gasteiger partial charge in [0, 0.05) is 39.3 Å². The Kier molecular flexibility index (Phi) is 7.15. The highest BCUT2D eigenvalue weighted by Crippen LogP contribution is 2.28. The van der Waals surface area contributed by atoms with Crippen molar-refractivity contribution >= 4 is 22.8 Å². The highest BCUT2D eigenvalue weighted by Gasteiger charge is 2.30. The fourth-order valence-corrected chi connectivity index (χ4v) is 4.52. The maximum Gasteiger partial charge on any atom is 0.243 e. The summed E-state index contributed by atoms with van der Waals surface area (Å²) in [5.74, 6) is -0.799. The topological polar surface area (TPSA) is 85.1 Å². The number of para-hydroxylation sites is 2. The van der Waals surface area contributed by atoms with Gasteiger partial charge < -0.3 is 10.2 Å². The van der Waals surface area contributed by atoms with Crippen LogP contribution < -0.4 is 10.2 Å². The Morgan fingerprint density at radius 3 is 2.06 bits per heavy atom. The van der Waals surface area contributed by atoms with Crippen LogP contribution in [0.15, 0.2) is 84.9 Å². The molecule has 5 rings (SSSR count). The van der Waals surface area contributed by atoms with Crippen molar-refractivity contribution < 1.29 is 4.79 Å². The van der Waals surface area contributed by atoms with Crippen LogP contribution in [0.25, 0.3) is 11.0 Å². The van der Waals surface area contributed by atoms with Crippen molar-refractivity contribution in [1.82, 2.24) is 20.2 Å². The first-order chi connectivity index (χ1) is 17.7. The number of carbonyl (C=O) groups excluding carboxylic acids is 1. The number of rotatable bonds is 7. The summed E-state index contributed by atoms with van der Waals surface area (Å²) >= 11 is 0. The number of amides is 1. The van der Waals surface area contributed by atoms with Crippen molar-refractivity contribution in [3.63, 3.8) is 0 Å². The smallest absolute Gasteiger partial charge is 0.243 e. The highest BCUT2D eigenvalue weighted by molar-refractivity contribution is 5.88. The van der Waals surface area contributed by atoms with E-state index in [0.717, 1.165) is 43.8 Å². The molecular weight excluding hydrogens is 448 g/mol. The normalized spacial score (nSPS) is 14.8. The lowest BCUT2D eigenvalue weighted by Crippen LogP contribution is -2.47. The molecule has 0 bridgehead atoms. The summed E-state index contributed by atoms with van der Waals surface area (Å²) in [5, 5.41) is 12.9. The zero-order chi connectivity index (χ0) is 24.7. The van der Waals surface area contributed by atoms with E-state index in [1.807, 2.05) is 60.7 Å². The van der Waals surface area contributed by atoms with Crippen molar-refractivity contribution in [3.8, 4) is 6.07 Å². The van der Waals surface area contributed by atoms with Crippen LogP contribution in [0.2, 0.25) is 0 Å². The third-order valence-electron chi connectivity index (χ3n) is 6.47. The van der Waals surface area contributed by atoms with Crippen LogP contribution in [0.1, 0.15) is 22.7 Å². The van der Waals surface area contributed by atoms with Crippen molar-refractivity contribution in [1.29, 1.82) is 5.26 Å². The van der Waals surface area contributed by atoms with Crippen LogP contribution in [0.4, 0.5) is 5.82 Å². The minimum Gasteiger partial charge on any atom is -0.352 e. The van der Waals surface area contributed by atoms with Crippen LogP contribution in [0, 0.1) is 11.3 Å². The molecule has 0 aliphatic carbocycles. The lowest BCUT2D eigenvalue weighted by Gasteiger charge is -2.36. The molecule has 1 fully saturated rings. The first-order valence-corrected chi connectivity index (χ1v) is 12.2. The molecule has 1 aromatic heterocycles. The first kappa shape index (κ1) is 23.5. The standard InChI is InChI=1S/C29H28N6O/c30-19-24(29(36)31-20-22-9-3-1-4-10-22)27-28(33-26-14-8-7-13-25(26)32-27)35-17-15-34(16-18-35)21-23-11-5-2-6-12-23/h1-14,24H,15-18,20-21H2,(H,31,36)/t24-/m1/s1. The number of hydrogen-bond acceptors (Lipinski definition) is 6. The number of benzene rings is 3. The van der Waals surface area contributed by atoms with Gasteiger partial charge in [-0.2, -0.15) is 5.26 Å². The lowest BCUT2D eigenvalue weighted by atomic mass is 10.0. The maximum absolute atomic E-state index is 13.1. The van der Waals surface area contributed by atoms with E-state index in [0.29, 0.717) is 23.6 Å². The van der Waals surface area contributed by atoms with Gasteiger partial charge in [0.1, 0.15) is 5.69 Å². The monoisotopic (exact) mass is 476 g/mol. The van der Waals surface area contributed by atoms with Gasteiger partial charge in [-0.3, -0.25) is 9.69 Å². The maximum atomic E-state index is 13.1. The number of hydrogen-bond donors (Lipinski definition) is 1. The van der Waals surface area contributed by atoms with Gasteiger partial charge in [0.05, 0.1) is 17.1 Å². The molecule has 0 spiro atoms. The summed E-state index contributed by atoms with van der Waals surface area (Å²) in [6, 6.07) is 29.9. The van der Waals surface area contributed by atoms with E-state index in [2.05, 4.69) is 45.5 Å². The highest BCUT2D eigenvalue weighted by atomic mass is 16.1. The number of nitrogens with one attached hydrogen (secondary N) is 1. The van der Waals surface area contributed by atoms with Crippen LogP contribution in [-0.4, -0.2) is 47.0 Å². The summed E-state index contributed by atoms with van der Waals surface area (Å²) in [6.07, 6.45) is 0. The molecule has 4 aromatic rings. The number of piperazine rings is 1. The molecular formula is C29H28N6O. The zero-order valence-corrected chi connectivity index (χ0v) is 20.0. The van der Waals surface area contributed by atoms with E-state index in [1.54, 1.807) is 0 Å². The quantitative estimate of drug-likeness (QED) is 0.436. The molecule has 180 valence electrons. The Hall–Kier alpha value is -4.28. The second-order valence-electron chi connectivity index (χ2n) is 8.94. The summed E-state index contributed by atoms with van der Waals surface area (Å²) in [7, 11) is 0. The van der Waals surface area contributed by atoms with Gasteiger partial charge in [0.2, 0.25) is 5.91 Å². The Bertz CT molecular complexity index is 1360. The van der Waals surface area contributed by atoms with Crippen molar-refractivity contribution in [2.24, 2.45) is 0 Å². The van der Waals surface area contributed by atoms with Crippen molar-refractivity contribution in [2.45, 2.75) is 19.0 Å². The summed E-state index contributed by atoms with van der Waals surface area (Å²) < 4.78 is 0. The molecule has 1 N–H and O–H groups in total. The minimum atomic E-state index is -1.05. The van der Waals surface area contributed by atoms with Crippen LogP contribution in [-0.2, 0) is 17.9 Å². The molecule has 1 atom stereocenters. The molecule has 0 unspecified atom stereocenters. The number of aromatic nitrogens is 2. The molecule has 7 nitrogen and oxygen atoms in total. The van der Waals surface area contributed by atoms with Gasteiger partial charge in [-0.15, -0.1) is 0 Å². The zero-order valence-electron chi connectivity index (χ0n) is 20.0. The van der Waals surface area contributed by atoms with Crippen molar-refractivity contribution in [2.75, 3.05) is 31.1 Å². The number of nitrogens with zero attached hydrogens (tertiary/aromatic N) is 5. The Balaban J connectivity index is 1.37. The van der Waals surface area contributed by atoms with E-state index in [-0.39, 0.29) is 5.91 Å². The number of nitriles is 1. The minimum absolute atomic E-state index is 0.354. The first-order valence-electron chi connectivity index (χ1n) is 12.2. The van der Waals surface area contributed by atoms with Crippen molar-refractivity contribution in [3.05, 3.63) is 102 Å². The molecule has 1 saturated heterocycles. The molecule has 1 aliphatic heterocycles. The molecule has 7 heteroatoms. The lowest BCUT2D eigenvalue weighted by molar-refractivity contribution is -0.121. The Labute approximate surface area is 211 Å². The number of carbonyl (C=O) groups is 1. The fourth-order valence-electron chi connectivity index (χ4n) is 4.52. The van der Waals surface area contributed by atoms with Crippen LogP contribution in [0.5, 0.6) is 0 Å². The number of fused-ring (bicyclic) bond motifs is 1. The molecule has 3 aromatic carbocycles. The van der Waals surface area contributed by atoms with Gasteiger partial charge in [-0.25, -0.2) is 9.97 Å². The van der Waals surface area contributed by atoms with Crippen LogP contribution in [0.3, 0.4) is 0 Å². The molecule has 2 heterocycles. The molecule has 36 heavy (non-hydrogen) atoms. The van der Waals surface area contributed by atoms with Gasteiger partial charge in [0.25, 0.3) is 0 Å². The third kappa shape index (κ3) is 5.35. The van der Waals surface area contributed by atoms with E-state index in [9.17, 15) is 10.1 Å². The molecule has 0 saturated carbocycles. The molecule has 1 aliphatic rings. The Morgan fingerprint density at radius 2 is 1.42 bits per heavy atom. The predicted octanol–water partition coefficient (Wildman–Crippen LogP) is 3.88. The summed E-state index contributed by atoms with van der Waals surface area (Å²) in [4.78, 5) is 27.4. The van der Waals surface area contributed by atoms with E-state index in [4.69, 9.17) is 9.97 Å². The average Bonchev–Trinajstić information content (AvgIpc) is 2.93. The van der Waals surface area contributed by atoms with Crippen LogP contribution >= 0.6 is 0 Å². The summed E-state index contributed by atoms with van der Waals surface area (Å²) in [6.45, 7) is 4.47. The third-order valence-corrected chi connectivity index (χ3v) is 6.47.